The zero-order chi connectivity index (χ0) is 32.5. The van der Waals surface area contributed by atoms with Gasteiger partial charge in [-0.15, -0.1) is 0 Å². The van der Waals surface area contributed by atoms with Crippen LogP contribution in [-0.2, 0) is 39.0 Å². The van der Waals surface area contributed by atoms with Gasteiger partial charge in [0.05, 0.1) is 10.6 Å². The Morgan fingerprint density at radius 1 is 0.826 bits per heavy atom. The van der Waals surface area contributed by atoms with Crippen LogP contribution in [0.3, 0.4) is 0 Å². The summed E-state index contributed by atoms with van der Waals surface area (Å²) in [6.45, 7) is 1.48. The first-order valence-electron chi connectivity index (χ1n) is 15.8. The molecule has 4 aromatic carbocycles. The minimum atomic E-state index is -4.16. The standard InChI is InChI=1S/C37H40ClN3O4S/c1-2-29-17-10-14-24-34(29)41(46(44,45)32-21-7-4-8-22-32)27-36(42)40(26-30-18-9-13-23-33(30)38)35(25-28-15-5-3-6-16-28)37(43)39-31-19-11-12-20-31/h3-10,13-18,21-24,31,35H,2,11-12,19-20,25-27H2,1H3,(H,39,43)/t35-/m1/s1. The van der Waals surface area contributed by atoms with Gasteiger partial charge in [0.1, 0.15) is 12.6 Å². The Labute approximate surface area is 277 Å². The van der Waals surface area contributed by atoms with Crippen molar-refractivity contribution in [1.82, 2.24) is 10.2 Å². The minimum Gasteiger partial charge on any atom is -0.352 e. The van der Waals surface area contributed by atoms with E-state index in [1.165, 1.54) is 21.3 Å². The van der Waals surface area contributed by atoms with Crippen LogP contribution in [0.25, 0.3) is 0 Å². The van der Waals surface area contributed by atoms with Gasteiger partial charge in [0.15, 0.2) is 0 Å². The molecule has 0 spiro atoms. The van der Waals surface area contributed by atoms with E-state index in [-0.39, 0.29) is 29.8 Å². The lowest BCUT2D eigenvalue weighted by Gasteiger charge is -2.35. The van der Waals surface area contributed by atoms with Crippen LogP contribution < -0.4 is 9.62 Å². The number of carbonyl (C=O) groups excluding carboxylic acids is 2. The fraction of sp³-hybridized carbons (Fsp3) is 0.297. The molecule has 1 saturated carbocycles. The van der Waals surface area contributed by atoms with Gasteiger partial charge in [-0.2, -0.15) is 0 Å². The van der Waals surface area contributed by atoms with E-state index in [0.29, 0.717) is 22.7 Å². The minimum absolute atomic E-state index is 0.0305. The monoisotopic (exact) mass is 657 g/mol. The molecule has 1 atom stereocenters. The summed E-state index contributed by atoms with van der Waals surface area (Å²) in [5, 5.41) is 3.66. The van der Waals surface area contributed by atoms with E-state index in [2.05, 4.69) is 5.32 Å². The van der Waals surface area contributed by atoms with Gasteiger partial charge in [-0.05, 0) is 60.2 Å². The number of aryl methyl sites for hydroxylation is 1. The Morgan fingerprint density at radius 2 is 1.41 bits per heavy atom. The second-order valence-corrected chi connectivity index (χ2v) is 13.9. The average Bonchev–Trinajstić information content (AvgIpc) is 3.59. The van der Waals surface area contributed by atoms with Crippen molar-refractivity contribution in [1.29, 1.82) is 0 Å². The SMILES string of the molecule is CCc1ccccc1N(CC(=O)N(Cc1ccccc1Cl)[C@H](Cc1ccccc1)C(=O)NC1CCCC1)S(=O)(=O)c1ccccc1. The third-order valence-corrected chi connectivity index (χ3v) is 10.7. The molecule has 0 aliphatic heterocycles. The number of carbonyl (C=O) groups is 2. The maximum Gasteiger partial charge on any atom is 0.264 e. The van der Waals surface area contributed by atoms with Gasteiger partial charge in [0, 0.05) is 24.0 Å². The Balaban J connectivity index is 1.59. The first-order valence-corrected chi connectivity index (χ1v) is 17.6. The number of hydrogen-bond donors (Lipinski definition) is 1. The molecule has 0 heterocycles. The number of sulfonamides is 1. The molecule has 1 aliphatic rings. The average molecular weight is 658 g/mol. The van der Waals surface area contributed by atoms with Crippen molar-refractivity contribution < 1.29 is 18.0 Å². The molecule has 240 valence electrons. The lowest BCUT2D eigenvalue weighted by molar-refractivity contribution is -0.140. The summed E-state index contributed by atoms with van der Waals surface area (Å²) in [6, 6.07) is 31.2. The molecule has 9 heteroatoms. The molecule has 0 bridgehead atoms. The van der Waals surface area contributed by atoms with E-state index in [0.717, 1.165) is 36.8 Å². The number of nitrogens with zero attached hydrogens (tertiary/aromatic N) is 2. The van der Waals surface area contributed by atoms with Crippen LogP contribution in [0.5, 0.6) is 0 Å². The molecule has 1 fully saturated rings. The lowest BCUT2D eigenvalue weighted by atomic mass is 10.0. The van der Waals surface area contributed by atoms with Crippen LogP contribution in [0.15, 0.2) is 114 Å². The molecule has 0 unspecified atom stereocenters. The van der Waals surface area contributed by atoms with E-state index in [1.807, 2.05) is 67.6 Å². The van der Waals surface area contributed by atoms with Gasteiger partial charge in [0.25, 0.3) is 10.0 Å². The summed E-state index contributed by atoms with van der Waals surface area (Å²) < 4.78 is 29.7. The maximum atomic E-state index is 14.7. The largest absolute Gasteiger partial charge is 0.352 e. The van der Waals surface area contributed by atoms with Gasteiger partial charge < -0.3 is 10.2 Å². The van der Waals surface area contributed by atoms with Crippen molar-refractivity contribution in [3.63, 3.8) is 0 Å². The highest BCUT2D eigenvalue weighted by Gasteiger charge is 2.36. The van der Waals surface area contributed by atoms with Gasteiger partial charge in [0.2, 0.25) is 11.8 Å². The fourth-order valence-corrected chi connectivity index (χ4v) is 7.69. The highest BCUT2D eigenvalue weighted by atomic mass is 35.5. The molecule has 1 N–H and O–H groups in total. The van der Waals surface area contributed by atoms with E-state index >= 15 is 0 Å². The van der Waals surface area contributed by atoms with Crippen LogP contribution in [0, 0.1) is 0 Å². The molecular formula is C37H40ClN3O4S. The smallest absolute Gasteiger partial charge is 0.264 e. The normalized spacial score (nSPS) is 14.0. The summed E-state index contributed by atoms with van der Waals surface area (Å²) in [6.07, 6.45) is 4.68. The van der Waals surface area contributed by atoms with Crippen molar-refractivity contribution in [2.75, 3.05) is 10.8 Å². The van der Waals surface area contributed by atoms with Gasteiger partial charge in [-0.1, -0.05) is 116 Å². The zero-order valence-corrected chi connectivity index (χ0v) is 27.6. The fourth-order valence-electron chi connectivity index (χ4n) is 6.02. The van der Waals surface area contributed by atoms with Crippen molar-refractivity contribution in [2.45, 2.75) is 69.0 Å². The summed E-state index contributed by atoms with van der Waals surface area (Å²) in [7, 11) is -4.16. The Hall–Kier alpha value is -4.14. The summed E-state index contributed by atoms with van der Waals surface area (Å²) in [5.74, 6) is -0.768. The summed E-state index contributed by atoms with van der Waals surface area (Å²) in [5.41, 5.74) is 2.76. The number of benzene rings is 4. The van der Waals surface area contributed by atoms with Crippen LogP contribution in [0.2, 0.25) is 5.02 Å². The Bertz CT molecular complexity index is 1730. The van der Waals surface area contributed by atoms with Crippen molar-refractivity contribution >= 4 is 39.1 Å². The predicted molar refractivity (Wildman–Crippen MR) is 183 cm³/mol. The van der Waals surface area contributed by atoms with Crippen LogP contribution in [0.1, 0.15) is 49.3 Å². The van der Waals surface area contributed by atoms with E-state index in [1.54, 1.807) is 36.4 Å². The zero-order valence-electron chi connectivity index (χ0n) is 26.0. The number of para-hydroxylation sites is 1. The molecule has 0 radical (unpaired) electrons. The number of halogens is 1. The van der Waals surface area contributed by atoms with E-state index in [9.17, 15) is 18.0 Å². The number of rotatable bonds is 13. The summed E-state index contributed by atoms with van der Waals surface area (Å²) in [4.78, 5) is 30.4. The Morgan fingerprint density at radius 3 is 2.07 bits per heavy atom. The topological polar surface area (TPSA) is 86.8 Å². The van der Waals surface area contributed by atoms with Crippen molar-refractivity contribution in [2.24, 2.45) is 0 Å². The predicted octanol–water partition coefficient (Wildman–Crippen LogP) is 6.80. The third-order valence-electron chi connectivity index (χ3n) is 8.52. The highest BCUT2D eigenvalue weighted by Crippen LogP contribution is 2.29. The molecule has 2 amide bonds. The molecule has 7 nitrogen and oxygen atoms in total. The van der Waals surface area contributed by atoms with Crippen LogP contribution in [0.4, 0.5) is 5.69 Å². The van der Waals surface area contributed by atoms with Gasteiger partial charge in [-0.3, -0.25) is 13.9 Å². The molecule has 0 aromatic heterocycles. The first-order chi connectivity index (χ1) is 22.3. The Kier molecular flexibility index (Phi) is 11.1. The highest BCUT2D eigenvalue weighted by molar-refractivity contribution is 7.92. The number of anilines is 1. The molecule has 5 rings (SSSR count). The lowest BCUT2D eigenvalue weighted by Crippen LogP contribution is -2.54. The third kappa shape index (κ3) is 7.98. The van der Waals surface area contributed by atoms with Crippen molar-refractivity contribution in [3.8, 4) is 0 Å². The maximum absolute atomic E-state index is 14.7. The molecule has 0 saturated heterocycles. The van der Waals surface area contributed by atoms with Gasteiger partial charge in [-0.25, -0.2) is 8.42 Å². The molecule has 46 heavy (non-hydrogen) atoms. The van der Waals surface area contributed by atoms with E-state index in [4.69, 9.17) is 11.6 Å². The first kappa shape index (κ1) is 33.2. The van der Waals surface area contributed by atoms with Crippen LogP contribution >= 0.6 is 11.6 Å². The molecular weight excluding hydrogens is 618 g/mol. The number of amides is 2. The molecule has 4 aromatic rings. The number of nitrogens with one attached hydrogen (secondary N) is 1. The number of hydrogen-bond acceptors (Lipinski definition) is 4. The molecule has 1 aliphatic carbocycles. The quantitative estimate of drug-likeness (QED) is 0.171. The second-order valence-electron chi connectivity index (χ2n) is 11.6. The summed E-state index contributed by atoms with van der Waals surface area (Å²) >= 11 is 6.60. The van der Waals surface area contributed by atoms with E-state index < -0.39 is 28.5 Å². The second kappa shape index (κ2) is 15.4. The van der Waals surface area contributed by atoms with Gasteiger partial charge >= 0.3 is 0 Å². The van der Waals surface area contributed by atoms with Crippen molar-refractivity contribution in [3.05, 3.63) is 131 Å². The van der Waals surface area contributed by atoms with Crippen LogP contribution in [-0.4, -0.2) is 43.8 Å².